The fourth-order valence-corrected chi connectivity index (χ4v) is 6.87. The van der Waals surface area contributed by atoms with Crippen LogP contribution in [0.15, 0.2) is 47.4 Å². The molecule has 210 valence electrons. The Labute approximate surface area is 236 Å². The number of thiazole rings is 1. The van der Waals surface area contributed by atoms with Gasteiger partial charge in [-0.15, -0.1) is 0 Å². The van der Waals surface area contributed by atoms with Crippen molar-refractivity contribution < 1.29 is 22.7 Å². The number of carbonyl (C=O) groups is 2. The van der Waals surface area contributed by atoms with Crippen molar-refractivity contribution in [2.24, 2.45) is 0 Å². The second kappa shape index (κ2) is 11.0. The number of amides is 2. The van der Waals surface area contributed by atoms with Gasteiger partial charge in [-0.3, -0.25) is 4.79 Å². The molecular formula is C27H30N6O5S2. The van der Waals surface area contributed by atoms with Gasteiger partial charge in [0.1, 0.15) is 5.82 Å². The number of carbonyl (C=O) groups excluding carboxylic acids is 2. The van der Waals surface area contributed by atoms with Gasteiger partial charge in [0, 0.05) is 37.8 Å². The largest absolute Gasteiger partial charge is 0.450 e. The van der Waals surface area contributed by atoms with Gasteiger partial charge in [-0.2, -0.15) is 14.1 Å². The van der Waals surface area contributed by atoms with Crippen LogP contribution in [0.2, 0.25) is 0 Å². The minimum atomic E-state index is -3.78. The van der Waals surface area contributed by atoms with E-state index in [0.717, 1.165) is 15.8 Å². The summed E-state index contributed by atoms with van der Waals surface area (Å²) in [7, 11) is -3.78. The van der Waals surface area contributed by atoms with Crippen LogP contribution in [0.4, 0.5) is 10.6 Å². The summed E-state index contributed by atoms with van der Waals surface area (Å²) >= 11 is 1.48. The number of sulfonamides is 1. The number of hydrogen-bond donors (Lipinski definition) is 1. The average molecular weight is 583 g/mol. The molecule has 1 fully saturated rings. The molecule has 1 saturated heterocycles. The lowest BCUT2D eigenvalue weighted by Crippen LogP contribution is -2.50. The maximum atomic E-state index is 13.2. The number of fused-ring (bicyclic) bond motifs is 1. The third-order valence-corrected chi connectivity index (χ3v) is 9.67. The van der Waals surface area contributed by atoms with E-state index in [1.54, 1.807) is 17.7 Å². The molecule has 0 radical (unpaired) electrons. The highest BCUT2D eigenvalue weighted by Crippen LogP contribution is 2.29. The number of ether oxygens (including phenoxy) is 1. The molecule has 1 aliphatic rings. The first-order valence-electron chi connectivity index (χ1n) is 12.8. The van der Waals surface area contributed by atoms with Crippen LogP contribution in [0.3, 0.4) is 0 Å². The van der Waals surface area contributed by atoms with E-state index < -0.39 is 22.0 Å². The quantitative estimate of drug-likeness (QED) is 0.362. The van der Waals surface area contributed by atoms with Gasteiger partial charge in [0.2, 0.25) is 15.2 Å². The van der Waals surface area contributed by atoms with Crippen LogP contribution >= 0.6 is 11.3 Å². The molecule has 4 aromatic rings. The van der Waals surface area contributed by atoms with Gasteiger partial charge in [0.05, 0.1) is 27.4 Å². The molecule has 2 aromatic heterocycles. The number of nitrogens with one attached hydrogen (secondary N) is 1. The lowest BCUT2D eigenvalue weighted by Gasteiger charge is -2.33. The molecule has 0 spiro atoms. The second-order valence-corrected chi connectivity index (χ2v) is 12.5. The van der Waals surface area contributed by atoms with Crippen LogP contribution in [0.25, 0.3) is 15.3 Å². The van der Waals surface area contributed by atoms with Crippen LogP contribution in [-0.4, -0.2) is 77.2 Å². The molecule has 2 amide bonds. The molecule has 13 heteroatoms. The molecule has 11 nitrogen and oxygen atoms in total. The smallest absolute Gasteiger partial charge is 0.409 e. The second-order valence-electron chi connectivity index (χ2n) is 9.55. The lowest BCUT2D eigenvalue weighted by atomic mass is 10.1. The van der Waals surface area contributed by atoms with E-state index in [0.29, 0.717) is 22.2 Å². The van der Waals surface area contributed by atoms with Crippen molar-refractivity contribution in [1.82, 2.24) is 24.0 Å². The molecule has 0 saturated carbocycles. The lowest BCUT2D eigenvalue weighted by molar-refractivity contribution is 0.0933. The molecule has 3 heterocycles. The van der Waals surface area contributed by atoms with Gasteiger partial charge in [-0.05, 0) is 75.2 Å². The topological polar surface area (TPSA) is 127 Å². The summed E-state index contributed by atoms with van der Waals surface area (Å²) in [4.78, 5) is 31.3. The normalized spacial score (nSPS) is 14.4. The third-order valence-electron chi connectivity index (χ3n) is 6.77. The number of aryl methyl sites for hydroxylation is 3. The fraction of sp³-hybridized carbons (Fsp3) is 0.333. The first-order valence-corrected chi connectivity index (χ1v) is 15.1. The fourth-order valence-electron chi connectivity index (χ4n) is 4.43. The Morgan fingerprint density at radius 1 is 1.00 bits per heavy atom. The molecule has 0 aliphatic carbocycles. The maximum absolute atomic E-state index is 13.2. The predicted molar refractivity (Wildman–Crippen MR) is 153 cm³/mol. The Morgan fingerprint density at radius 2 is 1.68 bits per heavy atom. The standard InChI is InChI=1S/C27H30N6O5S2/c1-5-38-27(35)31-10-12-32(13-11-31)40(36,37)21-8-6-20(7-9-21)25(34)29-24-16-19(4)30-33(24)26-28-22-14-17(2)18(3)15-23(22)39-26/h6-9,14-16H,5,10-13H2,1-4H3,(H,29,34). The van der Waals surface area contributed by atoms with Gasteiger partial charge in [0.15, 0.2) is 0 Å². The predicted octanol–water partition coefficient (Wildman–Crippen LogP) is 4.12. The number of piperazine rings is 1. The Bertz CT molecular complexity index is 1650. The highest BCUT2D eigenvalue weighted by atomic mass is 32.2. The highest BCUT2D eigenvalue weighted by Gasteiger charge is 2.30. The Balaban J connectivity index is 1.30. The van der Waals surface area contributed by atoms with Gasteiger partial charge < -0.3 is 15.0 Å². The zero-order chi connectivity index (χ0) is 28.6. The zero-order valence-corrected chi connectivity index (χ0v) is 24.3. The van der Waals surface area contributed by atoms with Crippen molar-refractivity contribution in [1.29, 1.82) is 0 Å². The van der Waals surface area contributed by atoms with E-state index in [4.69, 9.17) is 9.72 Å². The molecule has 40 heavy (non-hydrogen) atoms. The molecule has 5 rings (SSSR count). The number of aromatic nitrogens is 3. The monoisotopic (exact) mass is 582 g/mol. The van der Waals surface area contributed by atoms with Crippen molar-refractivity contribution in [3.05, 3.63) is 64.8 Å². The van der Waals surface area contributed by atoms with Crippen LogP contribution in [0, 0.1) is 20.8 Å². The molecule has 0 bridgehead atoms. The van der Waals surface area contributed by atoms with Crippen LogP contribution in [0.1, 0.15) is 34.1 Å². The van der Waals surface area contributed by atoms with Crippen molar-refractivity contribution in [2.45, 2.75) is 32.6 Å². The number of rotatable bonds is 6. The molecule has 0 unspecified atom stereocenters. The molecule has 1 N–H and O–H groups in total. The van der Waals surface area contributed by atoms with Crippen LogP contribution in [-0.2, 0) is 14.8 Å². The van der Waals surface area contributed by atoms with Crippen LogP contribution in [0.5, 0.6) is 0 Å². The van der Waals surface area contributed by atoms with Gasteiger partial charge in [-0.1, -0.05) is 11.3 Å². The first kappa shape index (κ1) is 27.7. The maximum Gasteiger partial charge on any atom is 0.409 e. The van der Waals surface area contributed by atoms with E-state index >= 15 is 0 Å². The Hall–Kier alpha value is -3.81. The summed E-state index contributed by atoms with van der Waals surface area (Å²) < 4.78 is 35.3. The van der Waals surface area contributed by atoms with Crippen LogP contribution < -0.4 is 5.32 Å². The molecule has 1 aliphatic heterocycles. The first-order chi connectivity index (χ1) is 19.1. The van der Waals surface area contributed by atoms with E-state index in [1.807, 2.05) is 19.9 Å². The van der Waals surface area contributed by atoms with Gasteiger partial charge in [0.25, 0.3) is 5.91 Å². The molecule has 2 aromatic carbocycles. The summed E-state index contributed by atoms with van der Waals surface area (Å²) in [5.41, 5.74) is 4.21. The van der Waals surface area contributed by atoms with Crippen molar-refractivity contribution in [3.63, 3.8) is 0 Å². The van der Waals surface area contributed by atoms with Crippen molar-refractivity contribution in [3.8, 4) is 5.13 Å². The average Bonchev–Trinajstić information content (AvgIpc) is 3.51. The number of benzene rings is 2. The number of anilines is 1. The molecular weight excluding hydrogens is 552 g/mol. The third kappa shape index (κ3) is 5.44. The van der Waals surface area contributed by atoms with E-state index in [-0.39, 0.29) is 37.7 Å². The van der Waals surface area contributed by atoms with E-state index in [1.165, 1.54) is 50.4 Å². The highest BCUT2D eigenvalue weighted by molar-refractivity contribution is 7.89. The number of nitrogens with zero attached hydrogens (tertiary/aromatic N) is 5. The Kier molecular flexibility index (Phi) is 7.62. The molecule has 0 atom stereocenters. The minimum absolute atomic E-state index is 0.0783. The zero-order valence-electron chi connectivity index (χ0n) is 22.7. The van der Waals surface area contributed by atoms with Crippen molar-refractivity contribution >= 4 is 49.4 Å². The summed E-state index contributed by atoms with van der Waals surface area (Å²) in [5, 5.41) is 8.04. The summed E-state index contributed by atoms with van der Waals surface area (Å²) in [6.07, 6.45) is -0.445. The van der Waals surface area contributed by atoms with E-state index in [2.05, 4.69) is 23.4 Å². The number of hydrogen-bond acceptors (Lipinski definition) is 8. The van der Waals surface area contributed by atoms with Crippen molar-refractivity contribution in [2.75, 3.05) is 38.1 Å². The summed E-state index contributed by atoms with van der Waals surface area (Å²) in [5.74, 6) is 0.0621. The van der Waals surface area contributed by atoms with Gasteiger partial charge in [-0.25, -0.2) is 18.2 Å². The van der Waals surface area contributed by atoms with Gasteiger partial charge >= 0.3 is 6.09 Å². The summed E-state index contributed by atoms with van der Waals surface area (Å²) in [6.45, 7) is 8.75. The SMILES string of the molecule is CCOC(=O)N1CCN(S(=O)(=O)c2ccc(C(=O)Nc3cc(C)nn3-c3nc4cc(C)c(C)cc4s3)cc2)CC1. The van der Waals surface area contributed by atoms with E-state index in [9.17, 15) is 18.0 Å². The minimum Gasteiger partial charge on any atom is -0.450 e. The Morgan fingerprint density at radius 3 is 2.35 bits per heavy atom. The summed E-state index contributed by atoms with van der Waals surface area (Å²) in [6, 6.07) is 11.7.